The third-order valence-corrected chi connectivity index (χ3v) is 6.40. The first kappa shape index (κ1) is 23.5. The molecule has 0 spiro atoms. The number of likely N-dealkylation sites (tertiary alicyclic amines) is 2. The first-order valence-corrected chi connectivity index (χ1v) is 11.3. The van der Waals surface area contributed by atoms with Crippen LogP contribution in [0.4, 0.5) is 5.69 Å². The molecule has 3 heterocycles. The number of anilines is 1. The summed E-state index contributed by atoms with van der Waals surface area (Å²) < 4.78 is 4.82. The number of benzene rings is 1. The molecule has 0 aliphatic carbocycles. The van der Waals surface area contributed by atoms with Crippen LogP contribution in [0.15, 0.2) is 35.9 Å². The molecule has 0 bridgehead atoms. The largest absolute Gasteiger partial charge is 0.458 e. The molecule has 2 fully saturated rings. The Kier molecular flexibility index (Phi) is 6.41. The van der Waals surface area contributed by atoms with E-state index in [9.17, 15) is 24.0 Å². The van der Waals surface area contributed by atoms with Gasteiger partial charge in [0.2, 0.25) is 5.91 Å². The predicted octanol–water partition coefficient (Wildman–Crippen LogP) is 0.277. The summed E-state index contributed by atoms with van der Waals surface area (Å²) in [6, 6.07) is 4.26. The molecule has 0 saturated carbocycles. The van der Waals surface area contributed by atoms with Crippen LogP contribution in [0.3, 0.4) is 0 Å². The molecule has 1 aromatic carbocycles. The third-order valence-electron chi connectivity index (χ3n) is 6.40. The molecule has 3 atom stereocenters. The van der Waals surface area contributed by atoms with Crippen molar-refractivity contribution in [3.63, 3.8) is 0 Å². The fourth-order valence-corrected chi connectivity index (χ4v) is 4.80. The van der Waals surface area contributed by atoms with Crippen molar-refractivity contribution >= 4 is 35.2 Å². The molecule has 4 rings (SSSR count). The van der Waals surface area contributed by atoms with Gasteiger partial charge in [-0.15, -0.1) is 0 Å². The van der Waals surface area contributed by atoms with Gasteiger partial charge in [-0.05, 0) is 49.1 Å². The average molecular weight is 469 g/mol. The molecular weight excluding hydrogens is 440 g/mol. The second-order valence-electron chi connectivity index (χ2n) is 9.23. The van der Waals surface area contributed by atoms with Gasteiger partial charge in [0.15, 0.2) is 5.78 Å². The number of carbonyl (C=O) groups is 5. The molecule has 10 nitrogen and oxygen atoms in total. The van der Waals surface area contributed by atoms with Gasteiger partial charge < -0.3 is 25.6 Å². The van der Waals surface area contributed by atoms with Crippen molar-refractivity contribution in [3.8, 4) is 0 Å². The lowest BCUT2D eigenvalue weighted by Gasteiger charge is -2.29. The van der Waals surface area contributed by atoms with Crippen molar-refractivity contribution in [3.05, 3.63) is 41.5 Å². The summed E-state index contributed by atoms with van der Waals surface area (Å²) in [7, 11) is 0. The van der Waals surface area contributed by atoms with Crippen LogP contribution >= 0.6 is 0 Å². The molecule has 3 N–H and O–H groups in total. The lowest BCUT2D eigenvalue weighted by atomic mass is 10.0. The number of nitrogen functional groups attached to an aromatic ring is 1. The number of Topliss-reactive ketones (excluding diaryl/α,β-unsaturated/α-hetero) is 1. The zero-order chi connectivity index (χ0) is 24.6. The zero-order valence-corrected chi connectivity index (χ0v) is 19.2. The maximum atomic E-state index is 13.5. The second-order valence-corrected chi connectivity index (χ2v) is 9.23. The molecule has 3 aliphatic heterocycles. The highest BCUT2D eigenvalue weighted by Crippen LogP contribution is 2.32. The smallest absolute Gasteiger partial charge is 0.343 e. The van der Waals surface area contributed by atoms with Gasteiger partial charge in [-0.3, -0.25) is 19.2 Å². The van der Waals surface area contributed by atoms with Gasteiger partial charge in [0.25, 0.3) is 11.8 Å². The molecule has 1 aromatic rings. The Bertz CT molecular complexity index is 1060. The molecule has 34 heavy (non-hydrogen) atoms. The number of hydrogen-bond acceptors (Lipinski definition) is 7. The van der Waals surface area contributed by atoms with Crippen LogP contribution in [0.5, 0.6) is 0 Å². The van der Waals surface area contributed by atoms with Crippen molar-refractivity contribution < 1.29 is 28.7 Å². The van der Waals surface area contributed by atoms with Gasteiger partial charge >= 0.3 is 5.97 Å². The number of ether oxygens (including phenoxy) is 1. The number of nitrogens with two attached hydrogens (primary N) is 1. The minimum absolute atomic E-state index is 0.0327. The second kappa shape index (κ2) is 9.28. The topological polar surface area (TPSA) is 139 Å². The van der Waals surface area contributed by atoms with E-state index in [1.165, 1.54) is 15.9 Å². The van der Waals surface area contributed by atoms with Crippen molar-refractivity contribution in [2.45, 2.75) is 44.8 Å². The van der Waals surface area contributed by atoms with E-state index in [4.69, 9.17) is 10.5 Å². The zero-order valence-electron chi connectivity index (χ0n) is 19.2. The molecule has 10 heteroatoms. The number of carbonyl (C=O) groups excluding carboxylic acids is 5. The summed E-state index contributed by atoms with van der Waals surface area (Å²) in [4.78, 5) is 66.7. The maximum absolute atomic E-state index is 13.5. The number of amides is 3. The molecule has 3 unspecified atom stereocenters. The quantitative estimate of drug-likeness (QED) is 0.347. The number of ketones is 1. The van der Waals surface area contributed by atoms with Crippen LogP contribution in [0, 0.1) is 5.92 Å². The minimum atomic E-state index is -0.825. The molecular formula is C24H28N4O6. The van der Waals surface area contributed by atoms with Crippen LogP contribution in [-0.2, 0) is 23.9 Å². The molecule has 2 saturated heterocycles. The van der Waals surface area contributed by atoms with E-state index in [2.05, 4.69) is 5.32 Å². The van der Waals surface area contributed by atoms with Gasteiger partial charge in [-0.2, -0.15) is 0 Å². The molecule has 3 aliphatic rings. The van der Waals surface area contributed by atoms with E-state index in [1.807, 2.05) is 13.8 Å². The summed E-state index contributed by atoms with van der Waals surface area (Å²) in [6.07, 6.45) is 2.21. The normalized spacial score (nSPS) is 22.5. The van der Waals surface area contributed by atoms with Crippen LogP contribution in [0.1, 0.15) is 37.0 Å². The summed E-state index contributed by atoms with van der Waals surface area (Å²) in [5.74, 6) is -2.16. The maximum Gasteiger partial charge on any atom is 0.343 e. The number of cyclic esters (lactones) is 1. The Hall–Kier alpha value is -3.69. The fraction of sp³-hybridized carbons (Fsp3) is 0.458. The van der Waals surface area contributed by atoms with E-state index in [1.54, 1.807) is 24.3 Å². The van der Waals surface area contributed by atoms with Crippen LogP contribution in [-0.4, -0.2) is 77.1 Å². The van der Waals surface area contributed by atoms with Gasteiger partial charge in [0.1, 0.15) is 24.3 Å². The van der Waals surface area contributed by atoms with Crippen molar-refractivity contribution in [2.24, 2.45) is 5.92 Å². The average Bonchev–Trinajstić information content (AvgIpc) is 3.49. The fourth-order valence-electron chi connectivity index (χ4n) is 4.80. The SMILES string of the molecule is CC(C)CC(NC(=O)c1ccc(N)cc1)C(=O)N1CCC2C1C(=O)CN2C(=O)C1=CCOC1=O. The highest BCUT2D eigenvalue weighted by atomic mass is 16.5. The van der Waals surface area contributed by atoms with Crippen LogP contribution in [0.25, 0.3) is 0 Å². The monoisotopic (exact) mass is 468 g/mol. The van der Waals surface area contributed by atoms with Gasteiger partial charge in [0.05, 0.1) is 12.6 Å². The number of rotatable bonds is 6. The van der Waals surface area contributed by atoms with Gasteiger partial charge in [-0.25, -0.2) is 4.79 Å². The van der Waals surface area contributed by atoms with Crippen molar-refractivity contribution in [1.82, 2.24) is 15.1 Å². The highest BCUT2D eigenvalue weighted by molar-refractivity contribution is 6.18. The summed E-state index contributed by atoms with van der Waals surface area (Å²) in [5.41, 5.74) is 6.51. The Morgan fingerprint density at radius 1 is 1.15 bits per heavy atom. The molecule has 3 amide bonds. The number of hydrogen-bond donors (Lipinski definition) is 2. The minimum Gasteiger partial charge on any atom is -0.458 e. The van der Waals surface area contributed by atoms with Gasteiger partial charge in [-0.1, -0.05) is 13.8 Å². The number of nitrogens with zero attached hydrogens (tertiary/aromatic N) is 2. The lowest BCUT2D eigenvalue weighted by Crippen LogP contribution is -2.53. The van der Waals surface area contributed by atoms with Crippen molar-refractivity contribution in [2.75, 3.05) is 25.4 Å². The highest BCUT2D eigenvalue weighted by Gasteiger charge is 2.53. The van der Waals surface area contributed by atoms with Crippen LogP contribution < -0.4 is 11.1 Å². The standard InChI is InChI=1S/C24H28N4O6/c1-13(2)11-17(26-21(30)14-3-5-15(25)6-4-14)23(32)27-9-7-18-20(27)19(29)12-28(18)22(31)16-8-10-34-24(16)33/h3-6,8,13,17-18,20H,7,9-12,25H2,1-2H3,(H,26,30). The first-order chi connectivity index (χ1) is 16.2. The van der Waals surface area contributed by atoms with E-state index in [-0.39, 0.29) is 42.9 Å². The molecule has 180 valence electrons. The first-order valence-electron chi connectivity index (χ1n) is 11.3. The van der Waals surface area contributed by atoms with E-state index in [0.717, 1.165) is 0 Å². The lowest BCUT2D eigenvalue weighted by molar-refractivity contribution is -0.140. The Morgan fingerprint density at radius 3 is 2.47 bits per heavy atom. The number of fused-ring (bicyclic) bond motifs is 1. The molecule has 0 radical (unpaired) electrons. The Balaban J connectivity index is 1.50. The summed E-state index contributed by atoms with van der Waals surface area (Å²) in [5, 5.41) is 2.81. The van der Waals surface area contributed by atoms with E-state index < -0.39 is 35.9 Å². The third kappa shape index (κ3) is 4.40. The Labute approximate surface area is 197 Å². The summed E-state index contributed by atoms with van der Waals surface area (Å²) >= 11 is 0. The van der Waals surface area contributed by atoms with E-state index >= 15 is 0 Å². The number of esters is 1. The summed E-state index contributed by atoms with van der Waals surface area (Å²) in [6.45, 7) is 4.02. The van der Waals surface area contributed by atoms with Gasteiger partial charge in [0, 0.05) is 17.8 Å². The molecule has 0 aromatic heterocycles. The number of nitrogens with one attached hydrogen (secondary N) is 1. The predicted molar refractivity (Wildman–Crippen MR) is 121 cm³/mol. The van der Waals surface area contributed by atoms with E-state index in [0.29, 0.717) is 24.1 Å². The Morgan fingerprint density at radius 2 is 1.85 bits per heavy atom. The van der Waals surface area contributed by atoms with Crippen LogP contribution in [0.2, 0.25) is 0 Å². The van der Waals surface area contributed by atoms with Crippen molar-refractivity contribution in [1.29, 1.82) is 0 Å².